The summed E-state index contributed by atoms with van der Waals surface area (Å²) in [7, 11) is 2.06. The van der Waals surface area contributed by atoms with Crippen LogP contribution in [0.4, 0.5) is 17.6 Å². The first-order chi connectivity index (χ1) is 9.58. The summed E-state index contributed by atoms with van der Waals surface area (Å²) >= 11 is 0. The molecule has 1 atom stereocenters. The Morgan fingerprint density at radius 1 is 1.20 bits per heavy atom. The highest BCUT2D eigenvalue weighted by Gasteiger charge is 2.33. The van der Waals surface area contributed by atoms with Gasteiger partial charge >= 0.3 is 0 Å². The number of hydrogen-bond acceptors (Lipinski definition) is 6. The zero-order valence-electron chi connectivity index (χ0n) is 12.5. The van der Waals surface area contributed by atoms with Crippen LogP contribution in [-0.2, 0) is 0 Å². The minimum Gasteiger partial charge on any atom is -0.484 e. The van der Waals surface area contributed by atoms with Gasteiger partial charge in [-0.1, -0.05) is 13.8 Å². The van der Waals surface area contributed by atoms with E-state index in [1.54, 1.807) is 0 Å². The summed E-state index contributed by atoms with van der Waals surface area (Å²) in [5.41, 5.74) is 5.90. The molecule has 6 nitrogen and oxygen atoms in total. The lowest BCUT2D eigenvalue weighted by Gasteiger charge is -2.38. The Bertz CT molecular complexity index is 499. The van der Waals surface area contributed by atoms with E-state index < -0.39 is 0 Å². The number of hydrogen-bond donors (Lipinski definition) is 1. The Balaban J connectivity index is 2.01. The number of aromatic nitrogens is 2. The maximum atomic E-state index is 6.00. The van der Waals surface area contributed by atoms with E-state index in [1.165, 1.54) is 12.8 Å². The van der Waals surface area contributed by atoms with Crippen LogP contribution in [0.5, 0.6) is 5.75 Å². The molecule has 0 amide bonds. The topological polar surface area (TPSA) is 67.5 Å². The number of nitrogens with zero attached hydrogens (tertiary/aromatic N) is 4. The van der Waals surface area contributed by atoms with Crippen molar-refractivity contribution in [1.82, 2.24) is 9.97 Å². The molecule has 0 radical (unpaired) electrons. The fourth-order valence-corrected chi connectivity index (χ4v) is 3.03. The third-order valence-electron chi connectivity index (χ3n) is 4.25. The first kappa shape index (κ1) is 13.3. The minimum absolute atomic E-state index is 0.322. The molecule has 1 saturated heterocycles. The van der Waals surface area contributed by atoms with Crippen molar-refractivity contribution in [3.63, 3.8) is 0 Å². The fourth-order valence-electron chi connectivity index (χ4n) is 3.03. The summed E-state index contributed by atoms with van der Waals surface area (Å²) in [6.45, 7) is 7.10. The maximum absolute atomic E-state index is 6.00. The number of likely N-dealkylation sites (N-methyl/N-ethyl adjacent to an activating group) is 1. The Labute approximate surface area is 119 Å². The Morgan fingerprint density at radius 2 is 1.85 bits per heavy atom. The Hall–Kier alpha value is -1.72. The molecule has 0 bridgehead atoms. The quantitative estimate of drug-likeness (QED) is 0.884. The van der Waals surface area contributed by atoms with E-state index in [0.717, 1.165) is 30.5 Å². The van der Waals surface area contributed by atoms with Crippen molar-refractivity contribution in [3.05, 3.63) is 0 Å². The van der Waals surface area contributed by atoms with Crippen LogP contribution in [0.15, 0.2) is 0 Å². The maximum Gasteiger partial charge on any atom is 0.224 e. The van der Waals surface area contributed by atoms with Gasteiger partial charge in [0.25, 0.3) is 0 Å². The van der Waals surface area contributed by atoms with Crippen LogP contribution in [0.25, 0.3) is 0 Å². The van der Waals surface area contributed by atoms with E-state index in [0.29, 0.717) is 24.5 Å². The highest BCUT2D eigenvalue weighted by Crippen LogP contribution is 2.41. The molecule has 2 N–H and O–H groups in total. The van der Waals surface area contributed by atoms with Gasteiger partial charge in [-0.15, -0.1) is 0 Å². The molecule has 2 aliphatic rings. The van der Waals surface area contributed by atoms with Crippen molar-refractivity contribution in [2.75, 3.05) is 42.3 Å². The molecular weight excluding hydrogens is 254 g/mol. The van der Waals surface area contributed by atoms with Crippen LogP contribution in [0, 0.1) is 5.92 Å². The van der Waals surface area contributed by atoms with E-state index >= 15 is 0 Å². The largest absolute Gasteiger partial charge is 0.484 e. The monoisotopic (exact) mass is 277 g/mol. The molecule has 1 fully saturated rings. The van der Waals surface area contributed by atoms with Gasteiger partial charge < -0.3 is 20.3 Å². The Morgan fingerprint density at radius 3 is 2.50 bits per heavy atom. The minimum atomic E-state index is 0.322. The summed E-state index contributed by atoms with van der Waals surface area (Å²) in [6, 6.07) is 0.322. The van der Waals surface area contributed by atoms with Crippen molar-refractivity contribution < 1.29 is 4.74 Å². The summed E-state index contributed by atoms with van der Waals surface area (Å²) in [5.74, 6) is 3.30. The second kappa shape index (κ2) is 5.00. The molecule has 0 spiro atoms. The van der Waals surface area contributed by atoms with Crippen LogP contribution in [0.1, 0.15) is 26.7 Å². The number of nitrogen functional groups attached to an aromatic ring is 1. The number of ether oxygens (including phenoxy) is 1. The summed E-state index contributed by atoms with van der Waals surface area (Å²) in [4.78, 5) is 13.2. The first-order valence-corrected chi connectivity index (χ1v) is 7.36. The summed E-state index contributed by atoms with van der Waals surface area (Å²) in [5, 5.41) is 0. The third kappa shape index (κ3) is 2.13. The number of anilines is 3. The molecule has 0 aromatic carbocycles. The summed E-state index contributed by atoms with van der Waals surface area (Å²) in [6.07, 6.45) is 2.40. The van der Waals surface area contributed by atoms with Gasteiger partial charge in [-0.2, -0.15) is 9.97 Å². The molecule has 1 aromatic heterocycles. The molecule has 0 saturated carbocycles. The van der Waals surface area contributed by atoms with Gasteiger partial charge in [-0.25, -0.2) is 0 Å². The van der Waals surface area contributed by atoms with E-state index in [9.17, 15) is 0 Å². The highest BCUT2D eigenvalue weighted by molar-refractivity contribution is 5.69. The predicted octanol–water partition coefficient (Wildman–Crippen LogP) is 1.51. The first-order valence-electron chi connectivity index (χ1n) is 7.36. The van der Waals surface area contributed by atoms with Crippen molar-refractivity contribution in [3.8, 4) is 5.75 Å². The molecule has 1 aromatic rings. The molecule has 6 heteroatoms. The SMILES string of the molecule is CC(C)C1COc2c(N3CCCC3)nc(N)nc2N1C. The lowest BCUT2D eigenvalue weighted by atomic mass is 10.0. The van der Waals surface area contributed by atoms with Crippen LogP contribution in [0.2, 0.25) is 0 Å². The van der Waals surface area contributed by atoms with Gasteiger partial charge in [0.15, 0.2) is 11.6 Å². The van der Waals surface area contributed by atoms with Gasteiger partial charge in [0, 0.05) is 20.1 Å². The van der Waals surface area contributed by atoms with Crippen LogP contribution < -0.4 is 20.3 Å². The second-order valence-corrected chi connectivity index (χ2v) is 5.99. The fraction of sp³-hybridized carbons (Fsp3) is 0.714. The normalized spacial score (nSPS) is 22.1. The van der Waals surface area contributed by atoms with Gasteiger partial charge in [0.05, 0.1) is 6.04 Å². The van der Waals surface area contributed by atoms with Crippen LogP contribution in [0.3, 0.4) is 0 Å². The smallest absolute Gasteiger partial charge is 0.224 e. The third-order valence-corrected chi connectivity index (χ3v) is 4.25. The predicted molar refractivity (Wildman–Crippen MR) is 80.4 cm³/mol. The van der Waals surface area contributed by atoms with Crippen molar-refractivity contribution >= 4 is 17.6 Å². The molecule has 2 aliphatic heterocycles. The van der Waals surface area contributed by atoms with Crippen molar-refractivity contribution in [2.24, 2.45) is 5.92 Å². The molecule has 3 rings (SSSR count). The number of fused-ring (bicyclic) bond motifs is 1. The molecule has 20 heavy (non-hydrogen) atoms. The molecular formula is C14H23N5O. The van der Waals surface area contributed by atoms with Crippen molar-refractivity contribution in [1.29, 1.82) is 0 Å². The Kier molecular flexibility index (Phi) is 3.31. The van der Waals surface area contributed by atoms with Gasteiger partial charge in [0.1, 0.15) is 6.61 Å². The molecule has 110 valence electrons. The van der Waals surface area contributed by atoms with E-state index in [2.05, 4.69) is 40.7 Å². The van der Waals surface area contributed by atoms with Gasteiger partial charge in [0.2, 0.25) is 11.7 Å². The second-order valence-electron chi connectivity index (χ2n) is 5.99. The average Bonchev–Trinajstić information content (AvgIpc) is 2.92. The standard InChI is InChI=1S/C14H23N5O/c1-9(2)10-8-20-11-12(18(10)3)16-14(15)17-13(11)19-6-4-5-7-19/h9-10H,4-8H2,1-3H3,(H2,15,16,17). The van der Waals surface area contributed by atoms with E-state index in [4.69, 9.17) is 10.5 Å². The van der Waals surface area contributed by atoms with Gasteiger partial charge in [-0.05, 0) is 18.8 Å². The molecule has 1 unspecified atom stereocenters. The zero-order chi connectivity index (χ0) is 14.3. The van der Waals surface area contributed by atoms with Gasteiger partial charge in [-0.3, -0.25) is 0 Å². The van der Waals surface area contributed by atoms with E-state index in [1.807, 2.05) is 0 Å². The number of nitrogens with two attached hydrogens (primary N) is 1. The van der Waals surface area contributed by atoms with Crippen molar-refractivity contribution in [2.45, 2.75) is 32.7 Å². The van der Waals surface area contributed by atoms with E-state index in [-0.39, 0.29) is 0 Å². The lowest BCUT2D eigenvalue weighted by molar-refractivity contribution is 0.234. The highest BCUT2D eigenvalue weighted by atomic mass is 16.5. The summed E-state index contributed by atoms with van der Waals surface area (Å²) < 4.78 is 6.00. The van der Waals surface area contributed by atoms with Crippen LogP contribution in [-0.4, -0.2) is 42.8 Å². The van der Waals surface area contributed by atoms with Crippen LogP contribution >= 0.6 is 0 Å². The number of rotatable bonds is 2. The lowest BCUT2D eigenvalue weighted by Crippen LogP contribution is -2.45. The molecule has 0 aliphatic carbocycles. The molecule has 3 heterocycles. The zero-order valence-corrected chi connectivity index (χ0v) is 12.5. The average molecular weight is 277 g/mol.